The molecule has 2 aromatic carbocycles. The topological polar surface area (TPSA) is 46.4 Å². The monoisotopic (exact) mass is 306 g/mol. The number of aromatic nitrogens is 1. The molecule has 116 valence electrons. The van der Waals surface area contributed by atoms with E-state index in [4.69, 9.17) is 4.74 Å². The van der Waals surface area contributed by atoms with Gasteiger partial charge in [-0.05, 0) is 41.5 Å². The van der Waals surface area contributed by atoms with Gasteiger partial charge in [0.2, 0.25) is 0 Å². The van der Waals surface area contributed by atoms with Gasteiger partial charge in [0.15, 0.2) is 11.5 Å². The predicted octanol–water partition coefficient (Wildman–Crippen LogP) is 3.38. The Balaban J connectivity index is 1.84. The average molecular weight is 306 g/mol. The SMILES string of the molecule is COc1cc([C@H]2NCc3ccccc3-n3cccc32)ccc1O. The quantitative estimate of drug-likeness (QED) is 0.763. The highest BCUT2D eigenvalue weighted by molar-refractivity contribution is 5.49. The van der Waals surface area contributed by atoms with E-state index in [1.54, 1.807) is 13.2 Å². The fourth-order valence-corrected chi connectivity index (χ4v) is 3.22. The molecule has 0 amide bonds. The molecule has 0 aliphatic carbocycles. The number of ether oxygens (including phenoxy) is 1. The maximum absolute atomic E-state index is 9.84. The lowest BCUT2D eigenvalue weighted by atomic mass is 10.0. The van der Waals surface area contributed by atoms with Gasteiger partial charge < -0.3 is 19.7 Å². The van der Waals surface area contributed by atoms with E-state index in [0.29, 0.717) is 5.75 Å². The van der Waals surface area contributed by atoms with Gasteiger partial charge in [-0.25, -0.2) is 0 Å². The molecule has 23 heavy (non-hydrogen) atoms. The number of methoxy groups -OCH3 is 1. The minimum Gasteiger partial charge on any atom is -0.504 e. The molecule has 3 aromatic rings. The van der Waals surface area contributed by atoms with Crippen LogP contribution < -0.4 is 10.1 Å². The number of para-hydroxylation sites is 1. The summed E-state index contributed by atoms with van der Waals surface area (Å²) in [5, 5.41) is 13.4. The summed E-state index contributed by atoms with van der Waals surface area (Å²) < 4.78 is 7.48. The zero-order chi connectivity index (χ0) is 15.8. The van der Waals surface area contributed by atoms with Gasteiger partial charge in [0.1, 0.15) is 0 Å². The van der Waals surface area contributed by atoms with Crippen molar-refractivity contribution >= 4 is 0 Å². The highest BCUT2D eigenvalue weighted by Gasteiger charge is 2.23. The summed E-state index contributed by atoms with van der Waals surface area (Å²) in [4.78, 5) is 0. The summed E-state index contributed by atoms with van der Waals surface area (Å²) in [5.41, 5.74) is 4.70. The van der Waals surface area contributed by atoms with Crippen molar-refractivity contribution in [2.24, 2.45) is 0 Å². The van der Waals surface area contributed by atoms with Crippen LogP contribution in [-0.4, -0.2) is 16.8 Å². The van der Waals surface area contributed by atoms with E-state index in [-0.39, 0.29) is 11.8 Å². The Morgan fingerprint density at radius 2 is 2.00 bits per heavy atom. The van der Waals surface area contributed by atoms with Crippen molar-refractivity contribution < 1.29 is 9.84 Å². The van der Waals surface area contributed by atoms with Gasteiger partial charge in [-0.3, -0.25) is 0 Å². The number of hydrogen-bond acceptors (Lipinski definition) is 3. The molecule has 2 N–H and O–H groups in total. The summed E-state index contributed by atoms with van der Waals surface area (Å²) in [6, 6.07) is 18.1. The molecule has 0 unspecified atom stereocenters. The zero-order valence-electron chi connectivity index (χ0n) is 12.9. The van der Waals surface area contributed by atoms with Gasteiger partial charge in [-0.1, -0.05) is 24.3 Å². The number of aromatic hydroxyl groups is 1. The van der Waals surface area contributed by atoms with E-state index in [1.165, 1.54) is 16.9 Å². The normalized spacial score (nSPS) is 16.3. The third-order valence-electron chi connectivity index (χ3n) is 4.36. The molecule has 4 nitrogen and oxygen atoms in total. The third-order valence-corrected chi connectivity index (χ3v) is 4.36. The Bertz CT molecular complexity index is 854. The van der Waals surface area contributed by atoms with Crippen LogP contribution in [0.15, 0.2) is 60.8 Å². The number of nitrogens with one attached hydrogen (secondary N) is 1. The maximum Gasteiger partial charge on any atom is 0.160 e. The molecule has 0 fully saturated rings. The van der Waals surface area contributed by atoms with Gasteiger partial charge in [-0.15, -0.1) is 0 Å². The average Bonchev–Trinajstić information content (AvgIpc) is 3.00. The predicted molar refractivity (Wildman–Crippen MR) is 89.1 cm³/mol. The molecular weight excluding hydrogens is 288 g/mol. The van der Waals surface area contributed by atoms with Crippen LogP contribution in [0.4, 0.5) is 0 Å². The minimum atomic E-state index is 0.0342. The van der Waals surface area contributed by atoms with Gasteiger partial charge in [-0.2, -0.15) is 0 Å². The van der Waals surface area contributed by atoms with Crippen LogP contribution in [0.25, 0.3) is 5.69 Å². The molecule has 1 aromatic heterocycles. The number of fused-ring (bicyclic) bond motifs is 3. The Morgan fingerprint density at radius 1 is 1.13 bits per heavy atom. The summed E-state index contributed by atoms with van der Waals surface area (Å²) in [6.45, 7) is 0.783. The summed E-state index contributed by atoms with van der Waals surface area (Å²) in [6.07, 6.45) is 2.09. The van der Waals surface area contributed by atoms with Crippen molar-refractivity contribution in [2.45, 2.75) is 12.6 Å². The number of phenolic OH excluding ortho intramolecular Hbond substituents is 1. The van der Waals surface area contributed by atoms with Gasteiger partial charge in [0.25, 0.3) is 0 Å². The van der Waals surface area contributed by atoms with E-state index >= 15 is 0 Å². The lowest BCUT2D eigenvalue weighted by molar-refractivity contribution is 0.372. The van der Waals surface area contributed by atoms with Crippen LogP contribution in [0, 0.1) is 0 Å². The van der Waals surface area contributed by atoms with Crippen molar-refractivity contribution in [1.82, 2.24) is 9.88 Å². The van der Waals surface area contributed by atoms with E-state index in [9.17, 15) is 5.11 Å². The van der Waals surface area contributed by atoms with Crippen LogP contribution in [0.1, 0.15) is 22.9 Å². The second kappa shape index (κ2) is 5.48. The lowest BCUT2D eigenvalue weighted by Gasteiger charge is -2.19. The molecular formula is C19H18N2O2. The number of phenols is 1. The van der Waals surface area contributed by atoms with Gasteiger partial charge in [0.05, 0.1) is 13.2 Å². The highest BCUT2D eigenvalue weighted by atomic mass is 16.5. The fraction of sp³-hybridized carbons (Fsp3) is 0.158. The highest BCUT2D eigenvalue weighted by Crippen LogP contribution is 2.34. The third kappa shape index (κ3) is 2.28. The van der Waals surface area contributed by atoms with Crippen LogP contribution in [0.3, 0.4) is 0 Å². The molecule has 1 atom stereocenters. The largest absolute Gasteiger partial charge is 0.504 e. The maximum atomic E-state index is 9.84. The molecule has 4 rings (SSSR count). The van der Waals surface area contributed by atoms with Crippen LogP contribution >= 0.6 is 0 Å². The minimum absolute atomic E-state index is 0.0342. The van der Waals surface area contributed by atoms with Crippen molar-refractivity contribution in [3.8, 4) is 17.2 Å². The van der Waals surface area contributed by atoms with Crippen LogP contribution in [0.2, 0.25) is 0 Å². The number of rotatable bonds is 2. The van der Waals surface area contributed by atoms with E-state index < -0.39 is 0 Å². The number of benzene rings is 2. The second-order valence-electron chi connectivity index (χ2n) is 5.68. The van der Waals surface area contributed by atoms with Gasteiger partial charge in [0, 0.05) is 24.1 Å². The Kier molecular flexibility index (Phi) is 3.32. The van der Waals surface area contributed by atoms with Crippen molar-refractivity contribution in [3.63, 3.8) is 0 Å². The van der Waals surface area contributed by atoms with Crippen LogP contribution in [0.5, 0.6) is 11.5 Å². The van der Waals surface area contributed by atoms with E-state index in [1.807, 2.05) is 12.1 Å². The molecule has 2 heterocycles. The standard InChI is InChI=1S/C19H18N2O2/c1-23-18-11-13(8-9-17(18)22)19-16-7-4-10-21(16)15-6-3-2-5-14(15)12-20-19/h2-11,19-20,22H,12H2,1H3/t19-/m1/s1. The Morgan fingerprint density at radius 3 is 2.87 bits per heavy atom. The molecule has 0 saturated carbocycles. The van der Waals surface area contributed by atoms with Gasteiger partial charge >= 0.3 is 0 Å². The number of nitrogens with zero attached hydrogens (tertiary/aromatic N) is 1. The van der Waals surface area contributed by atoms with Crippen molar-refractivity contribution in [1.29, 1.82) is 0 Å². The van der Waals surface area contributed by atoms with Crippen molar-refractivity contribution in [3.05, 3.63) is 77.6 Å². The molecule has 0 saturated heterocycles. The number of hydrogen-bond donors (Lipinski definition) is 2. The molecule has 4 heteroatoms. The smallest absolute Gasteiger partial charge is 0.160 e. The Hall–Kier alpha value is -2.72. The molecule has 1 aliphatic rings. The lowest BCUT2D eigenvalue weighted by Crippen LogP contribution is -2.21. The first kappa shape index (κ1) is 13.9. The molecule has 0 bridgehead atoms. The first-order chi connectivity index (χ1) is 11.3. The Labute approximate surface area is 135 Å². The van der Waals surface area contributed by atoms with E-state index in [2.05, 4.69) is 52.5 Å². The molecule has 0 spiro atoms. The molecule has 1 aliphatic heterocycles. The summed E-state index contributed by atoms with van der Waals surface area (Å²) in [5.74, 6) is 0.646. The first-order valence-corrected chi connectivity index (χ1v) is 7.64. The summed E-state index contributed by atoms with van der Waals surface area (Å²) >= 11 is 0. The molecule has 0 radical (unpaired) electrons. The fourth-order valence-electron chi connectivity index (χ4n) is 3.22. The van der Waals surface area contributed by atoms with Crippen molar-refractivity contribution in [2.75, 3.05) is 7.11 Å². The van der Waals surface area contributed by atoms with E-state index in [0.717, 1.165) is 12.1 Å². The zero-order valence-corrected chi connectivity index (χ0v) is 12.9. The summed E-state index contributed by atoms with van der Waals surface area (Å²) in [7, 11) is 1.57. The second-order valence-corrected chi connectivity index (χ2v) is 5.68. The van der Waals surface area contributed by atoms with Crippen LogP contribution in [-0.2, 0) is 6.54 Å². The first-order valence-electron chi connectivity index (χ1n) is 7.64.